The normalized spacial score (nSPS) is 10.4. The molecule has 0 amide bonds. The smallest absolute Gasteiger partial charge is 0.123 e. The Morgan fingerprint density at radius 1 is 1.25 bits per heavy atom. The minimum atomic E-state index is 0.802. The Labute approximate surface area is 95.7 Å². The van der Waals surface area contributed by atoms with Gasteiger partial charge in [-0.05, 0) is 19.9 Å². The molecule has 0 aliphatic rings. The summed E-state index contributed by atoms with van der Waals surface area (Å²) in [7, 11) is 1.70. The lowest BCUT2D eigenvalue weighted by molar-refractivity contribution is 0.408. The highest BCUT2D eigenvalue weighted by atomic mass is 16.5. The molecule has 3 nitrogen and oxygen atoms in total. The summed E-state index contributed by atoms with van der Waals surface area (Å²) >= 11 is 0. The van der Waals surface area contributed by atoms with Gasteiger partial charge in [-0.3, -0.25) is 0 Å². The summed E-state index contributed by atoms with van der Waals surface area (Å²) in [4.78, 5) is 4.29. The van der Waals surface area contributed by atoms with Crippen molar-refractivity contribution < 1.29 is 4.74 Å². The monoisotopic (exact) mass is 216 g/mol. The Balaban J connectivity index is 2.30. The molecule has 0 N–H and O–H groups in total. The van der Waals surface area contributed by atoms with Crippen LogP contribution in [0.3, 0.4) is 0 Å². The van der Waals surface area contributed by atoms with Gasteiger partial charge in [0, 0.05) is 11.3 Å². The van der Waals surface area contributed by atoms with Crippen LogP contribution in [0.5, 0.6) is 5.75 Å². The Bertz CT molecular complexity index is 488. The van der Waals surface area contributed by atoms with Gasteiger partial charge in [0.05, 0.1) is 25.7 Å². The average Bonchev–Trinajstić information content (AvgIpc) is 2.62. The van der Waals surface area contributed by atoms with Crippen LogP contribution in [0.1, 0.15) is 17.0 Å². The van der Waals surface area contributed by atoms with Gasteiger partial charge in [-0.1, -0.05) is 18.2 Å². The minimum Gasteiger partial charge on any atom is -0.496 e. The van der Waals surface area contributed by atoms with Crippen molar-refractivity contribution in [2.75, 3.05) is 7.11 Å². The maximum absolute atomic E-state index is 5.33. The summed E-state index contributed by atoms with van der Waals surface area (Å²) in [6, 6.07) is 8.06. The van der Waals surface area contributed by atoms with Gasteiger partial charge in [-0.25, -0.2) is 4.98 Å². The van der Waals surface area contributed by atoms with E-state index in [1.54, 1.807) is 7.11 Å². The number of methoxy groups -OCH3 is 1. The molecule has 0 saturated carbocycles. The molecule has 3 heteroatoms. The van der Waals surface area contributed by atoms with Crippen LogP contribution in [0, 0.1) is 13.8 Å². The molecule has 1 aromatic heterocycles. The molecular weight excluding hydrogens is 200 g/mol. The number of benzene rings is 1. The Morgan fingerprint density at radius 2 is 2.00 bits per heavy atom. The second kappa shape index (κ2) is 4.39. The number of ether oxygens (including phenoxy) is 1. The number of aryl methyl sites for hydroxylation is 1. The molecule has 1 aromatic carbocycles. The first-order chi connectivity index (χ1) is 7.72. The van der Waals surface area contributed by atoms with Crippen molar-refractivity contribution in [1.82, 2.24) is 9.55 Å². The van der Waals surface area contributed by atoms with Crippen molar-refractivity contribution in [3.8, 4) is 5.75 Å². The molecule has 0 radical (unpaired) electrons. The van der Waals surface area contributed by atoms with E-state index in [0.717, 1.165) is 18.0 Å². The standard InChI is InChI=1S/C13H16N2O/c1-10-11(2)15(9-14-10)8-12-6-4-5-7-13(12)16-3/h4-7,9H,8H2,1-3H3. The van der Waals surface area contributed by atoms with Gasteiger partial charge < -0.3 is 9.30 Å². The van der Waals surface area contributed by atoms with Crippen molar-refractivity contribution in [3.05, 3.63) is 47.5 Å². The van der Waals surface area contributed by atoms with Crippen LogP contribution in [-0.2, 0) is 6.54 Å². The summed E-state index contributed by atoms with van der Waals surface area (Å²) < 4.78 is 7.46. The van der Waals surface area contributed by atoms with Crippen molar-refractivity contribution in [2.24, 2.45) is 0 Å². The van der Waals surface area contributed by atoms with Gasteiger partial charge in [0.25, 0.3) is 0 Å². The van der Waals surface area contributed by atoms with Crippen LogP contribution in [0.4, 0.5) is 0 Å². The molecule has 2 aromatic rings. The Morgan fingerprint density at radius 3 is 2.62 bits per heavy atom. The highest BCUT2D eigenvalue weighted by Gasteiger charge is 2.06. The van der Waals surface area contributed by atoms with E-state index in [-0.39, 0.29) is 0 Å². The van der Waals surface area contributed by atoms with E-state index >= 15 is 0 Å². The topological polar surface area (TPSA) is 27.1 Å². The van der Waals surface area contributed by atoms with Crippen LogP contribution in [0.2, 0.25) is 0 Å². The molecule has 84 valence electrons. The number of hydrogen-bond acceptors (Lipinski definition) is 2. The third kappa shape index (κ3) is 1.94. The molecule has 2 rings (SSSR count). The predicted octanol–water partition coefficient (Wildman–Crippen LogP) is 2.56. The first kappa shape index (κ1) is 10.7. The van der Waals surface area contributed by atoms with Gasteiger partial charge in [0.1, 0.15) is 5.75 Å². The van der Waals surface area contributed by atoms with Crippen LogP contribution in [0.25, 0.3) is 0 Å². The molecule has 0 atom stereocenters. The highest BCUT2D eigenvalue weighted by Crippen LogP contribution is 2.19. The molecule has 0 aliphatic carbocycles. The summed E-state index contributed by atoms with van der Waals surface area (Å²) in [5.41, 5.74) is 3.45. The van der Waals surface area contributed by atoms with Gasteiger partial charge in [0.2, 0.25) is 0 Å². The largest absolute Gasteiger partial charge is 0.496 e. The SMILES string of the molecule is COc1ccccc1Cn1cnc(C)c1C. The molecule has 0 aliphatic heterocycles. The lowest BCUT2D eigenvalue weighted by atomic mass is 10.2. The third-order valence-corrected chi connectivity index (χ3v) is 2.88. The molecule has 16 heavy (non-hydrogen) atoms. The lowest BCUT2D eigenvalue weighted by Crippen LogP contribution is -2.02. The summed E-state index contributed by atoms with van der Waals surface area (Å²) in [5, 5.41) is 0. The van der Waals surface area contributed by atoms with E-state index in [2.05, 4.69) is 22.5 Å². The lowest BCUT2D eigenvalue weighted by Gasteiger charge is -2.10. The number of rotatable bonds is 3. The van der Waals surface area contributed by atoms with E-state index in [9.17, 15) is 0 Å². The van der Waals surface area contributed by atoms with Gasteiger partial charge in [-0.2, -0.15) is 0 Å². The van der Waals surface area contributed by atoms with Crippen LogP contribution < -0.4 is 4.74 Å². The second-order valence-corrected chi connectivity index (χ2v) is 3.86. The van der Waals surface area contributed by atoms with E-state index < -0.39 is 0 Å². The second-order valence-electron chi connectivity index (χ2n) is 3.86. The van der Waals surface area contributed by atoms with Gasteiger partial charge in [0.15, 0.2) is 0 Å². The van der Waals surface area contributed by atoms with Crippen molar-refractivity contribution >= 4 is 0 Å². The molecule has 0 bridgehead atoms. The Hall–Kier alpha value is -1.77. The van der Waals surface area contributed by atoms with Crippen LogP contribution in [0.15, 0.2) is 30.6 Å². The van der Waals surface area contributed by atoms with E-state index in [4.69, 9.17) is 4.74 Å². The summed E-state index contributed by atoms with van der Waals surface area (Å²) in [6.07, 6.45) is 1.87. The molecule has 0 unspecified atom stereocenters. The van der Waals surface area contributed by atoms with E-state index in [1.807, 2.05) is 31.5 Å². The zero-order valence-electron chi connectivity index (χ0n) is 9.90. The number of aromatic nitrogens is 2. The van der Waals surface area contributed by atoms with Crippen molar-refractivity contribution in [1.29, 1.82) is 0 Å². The zero-order chi connectivity index (χ0) is 11.5. The first-order valence-electron chi connectivity index (χ1n) is 5.32. The maximum Gasteiger partial charge on any atom is 0.123 e. The first-order valence-corrected chi connectivity index (χ1v) is 5.32. The van der Waals surface area contributed by atoms with Gasteiger partial charge in [-0.15, -0.1) is 0 Å². The fourth-order valence-electron chi connectivity index (χ4n) is 1.72. The number of hydrogen-bond donors (Lipinski definition) is 0. The minimum absolute atomic E-state index is 0.802. The van der Waals surface area contributed by atoms with Crippen molar-refractivity contribution in [3.63, 3.8) is 0 Å². The molecule has 1 heterocycles. The van der Waals surface area contributed by atoms with E-state index in [1.165, 1.54) is 11.3 Å². The number of para-hydroxylation sites is 1. The fraction of sp³-hybridized carbons (Fsp3) is 0.308. The average molecular weight is 216 g/mol. The predicted molar refractivity (Wildman–Crippen MR) is 63.8 cm³/mol. The van der Waals surface area contributed by atoms with Crippen molar-refractivity contribution in [2.45, 2.75) is 20.4 Å². The summed E-state index contributed by atoms with van der Waals surface area (Å²) in [5.74, 6) is 0.924. The zero-order valence-corrected chi connectivity index (χ0v) is 9.90. The quantitative estimate of drug-likeness (QED) is 0.788. The molecule has 0 fully saturated rings. The molecule has 0 saturated heterocycles. The number of nitrogens with zero attached hydrogens (tertiary/aromatic N) is 2. The van der Waals surface area contributed by atoms with E-state index in [0.29, 0.717) is 0 Å². The number of imidazole rings is 1. The molecular formula is C13H16N2O. The fourth-order valence-corrected chi connectivity index (χ4v) is 1.72. The summed E-state index contributed by atoms with van der Waals surface area (Å²) in [6.45, 7) is 4.91. The highest BCUT2D eigenvalue weighted by molar-refractivity contribution is 5.33. The van der Waals surface area contributed by atoms with Crippen LogP contribution >= 0.6 is 0 Å². The van der Waals surface area contributed by atoms with Crippen LogP contribution in [-0.4, -0.2) is 16.7 Å². The maximum atomic E-state index is 5.33. The van der Waals surface area contributed by atoms with Gasteiger partial charge >= 0.3 is 0 Å². The molecule has 0 spiro atoms. The Kier molecular flexibility index (Phi) is 2.95. The third-order valence-electron chi connectivity index (χ3n) is 2.88.